The number of ether oxygens (including phenoxy) is 1. The van der Waals surface area contributed by atoms with Gasteiger partial charge in [-0.1, -0.05) is 12.1 Å². The molecule has 0 unspecified atom stereocenters. The predicted octanol–water partition coefficient (Wildman–Crippen LogP) is 2.50. The number of carbonyl (C=O) groups is 1. The number of aryl methyl sites for hydroxylation is 1. The van der Waals surface area contributed by atoms with Gasteiger partial charge in [0.2, 0.25) is 5.91 Å². The maximum atomic E-state index is 11.7. The number of benzene rings is 1. The molecule has 2 aromatic rings. The first-order valence-electron chi connectivity index (χ1n) is 7.33. The molecule has 0 aliphatic carbocycles. The number of hydrogen-bond acceptors (Lipinski definition) is 3. The van der Waals surface area contributed by atoms with Gasteiger partial charge < -0.3 is 14.6 Å². The number of imidazole rings is 1. The normalized spacial score (nSPS) is 10.8. The van der Waals surface area contributed by atoms with E-state index >= 15 is 0 Å². The number of methoxy groups -OCH3 is 1. The summed E-state index contributed by atoms with van der Waals surface area (Å²) in [6.07, 6.45) is 10.8. The van der Waals surface area contributed by atoms with Gasteiger partial charge in [0.25, 0.3) is 0 Å². The van der Waals surface area contributed by atoms with Crippen LogP contribution in [-0.4, -0.2) is 29.1 Å². The molecule has 1 aromatic carbocycles. The number of nitrogens with one attached hydrogen (secondary N) is 1. The summed E-state index contributed by atoms with van der Waals surface area (Å²) in [6.45, 7) is 1.61. The van der Waals surface area contributed by atoms with E-state index in [-0.39, 0.29) is 5.91 Å². The molecule has 0 radical (unpaired) electrons. The summed E-state index contributed by atoms with van der Waals surface area (Å²) in [4.78, 5) is 15.7. The first-order valence-corrected chi connectivity index (χ1v) is 7.33. The Hall–Kier alpha value is -2.56. The lowest BCUT2D eigenvalue weighted by molar-refractivity contribution is -0.116. The Kier molecular flexibility index (Phi) is 6.23. The van der Waals surface area contributed by atoms with Crippen molar-refractivity contribution < 1.29 is 9.53 Å². The molecule has 0 atom stereocenters. The Bertz CT molecular complexity index is 589. The molecular formula is C17H21N3O2. The second-order valence-electron chi connectivity index (χ2n) is 4.91. The molecule has 1 aromatic heterocycles. The lowest BCUT2D eigenvalue weighted by Gasteiger charge is -2.03. The third-order valence-electron chi connectivity index (χ3n) is 3.24. The number of unbranched alkanes of at least 4 members (excludes halogenated alkanes) is 1. The molecule has 0 saturated heterocycles. The molecule has 1 amide bonds. The van der Waals surface area contributed by atoms with E-state index in [4.69, 9.17) is 4.74 Å². The zero-order valence-corrected chi connectivity index (χ0v) is 12.7. The molecule has 0 fully saturated rings. The summed E-state index contributed by atoms with van der Waals surface area (Å²) in [5, 5.41) is 2.88. The van der Waals surface area contributed by atoms with Gasteiger partial charge in [0.05, 0.1) is 13.4 Å². The van der Waals surface area contributed by atoms with Gasteiger partial charge >= 0.3 is 0 Å². The fraction of sp³-hybridized carbons (Fsp3) is 0.294. The second-order valence-corrected chi connectivity index (χ2v) is 4.91. The van der Waals surface area contributed by atoms with Crippen LogP contribution in [0.1, 0.15) is 18.4 Å². The standard InChI is InChI=1S/C17H21N3O2/c1-22-16-7-4-15(5-8-16)6-9-17(21)19-10-2-3-12-20-13-11-18-14-20/h4-9,11,13-14H,2-3,10,12H2,1H3,(H,19,21)/b9-6+. The topological polar surface area (TPSA) is 56.1 Å². The highest BCUT2D eigenvalue weighted by atomic mass is 16.5. The summed E-state index contributed by atoms with van der Waals surface area (Å²) in [5.74, 6) is 0.734. The van der Waals surface area contributed by atoms with E-state index in [1.165, 1.54) is 0 Å². The number of carbonyl (C=O) groups excluding carboxylic acids is 1. The third kappa shape index (κ3) is 5.44. The van der Waals surface area contributed by atoms with Gasteiger partial charge in [-0.25, -0.2) is 4.98 Å². The van der Waals surface area contributed by atoms with Crippen LogP contribution in [0.3, 0.4) is 0 Å². The van der Waals surface area contributed by atoms with Crippen LogP contribution in [-0.2, 0) is 11.3 Å². The minimum absolute atomic E-state index is 0.0709. The van der Waals surface area contributed by atoms with Gasteiger partial charge in [-0.05, 0) is 36.6 Å². The summed E-state index contributed by atoms with van der Waals surface area (Å²) in [6, 6.07) is 7.56. The molecule has 0 aliphatic heterocycles. The molecule has 2 rings (SSSR count). The minimum Gasteiger partial charge on any atom is -0.497 e. The monoisotopic (exact) mass is 299 g/mol. The van der Waals surface area contributed by atoms with Crippen LogP contribution in [0.4, 0.5) is 0 Å². The van der Waals surface area contributed by atoms with Gasteiger partial charge in [0.1, 0.15) is 5.75 Å². The van der Waals surface area contributed by atoms with Gasteiger partial charge in [0.15, 0.2) is 0 Å². The van der Waals surface area contributed by atoms with Crippen LogP contribution < -0.4 is 10.1 Å². The summed E-state index contributed by atoms with van der Waals surface area (Å²) in [5.41, 5.74) is 0.969. The zero-order chi connectivity index (χ0) is 15.6. The van der Waals surface area contributed by atoms with Crippen LogP contribution >= 0.6 is 0 Å². The van der Waals surface area contributed by atoms with Crippen molar-refractivity contribution in [1.82, 2.24) is 14.9 Å². The predicted molar refractivity (Wildman–Crippen MR) is 86.5 cm³/mol. The summed E-state index contributed by atoms with van der Waals surface area (Å²) >= 11 is 0. The van der Waals surface area contributed by atoms with Crippen molar-refractivity contribution >= 4 is 12.0 Å². The van der Waals surface area contributed by atoms with E-state index < -0.39 is 0 Å². The van der Waals surface area contributed by atoms with Crippen LogP contribution in [0, 0.1) is 0 Å². The van der Waals surface area contributed by atoms with Crippen molar-refractivity contribution in [2.75, 3.05) is 13.7 Å². The van der Waals surface area contributed by atoms with Crippen molar-refractivity contribution in [2.45, 2.75) is 19.4 Å². The molecule has 0 bridgehead atoms. The van der Waals surface area contributed by atoms with Crippen molar-refractivity contribution in [3.63, 3.8) is 0 Å². The van der Waals surface area contributed by atoms with Crippen LogP contribution in [0.2, 0.25) is 0 Å². The van der Waals surface area contributed by atoms with E-state index in [1.807, 2.05) is 35.0 Å². The Morgan fingerprint density at radius 2 is 2.14 bits per heavy atom. The molecule has 0 aliphatic rings. The van der Waals surface area contributed by atoms with Crippen molar-refractivity contribution in [3.8, 4) is 5.75 Å². The minimum atomic E-state index is -0.0709. The number of rotatable bonds is 8. The molecule has 22 heavy (non-hydrogen) atoms. The highest BCUT2D eigenvalue weighted by Crippen LogP contribution is 2.12. The summed E-state index contributed by atoms with van der Waals surface area (Å²) < 4.78 is 7.12. The van der Waals surface area contributed by atoms with Crippen LogP contribution in [0.5, 0.6) is 5.75 Å². The number of hydrogen-bond donors (Lipinski definition) is 1. The first kappa shape index (κ1) is 15.8. The Morgan fingerprint density at radius 3 is 2.82 bits per heavy atom. The molecule has 5 heteroatoms. The van der Waals surface area contributed by atoms with E-state index in [2.05, 4.69) is 10.3 Å². The second kappa shape index (κ2) is 8.67. The van der Waals surface area contributed by atoms with Gasteiger partial charge in [-0.15, -0.1) is 0 Å². The molecule has 5 nitrogen and oxygen atoms in total. The number of amides is 1. The number of nitrogens with zero attached hydrogens (tertiary/aromatic N) is 2. The molecule has 116 valence electrons. The highest BCUT2D eigenvalue weighted by Gasteiger charge is 1.96. The molecule has 0 saturated carbocycles. The third-order valence-corrected chi connectivity index (χ3v) is 3.24. The summed E-state index contributed by atoms with van der Waals surface area (Å²) in [7, 11) is 1.63. The Labute approximate surface area is 130 Å². The van der Waals surface area contributed by atoms with Gasteiger partial charge in [-0.2, -0.15) is 0 Å². The zero-order valence-electron chi connectivity index (χ0n) is 12.7. The lowest BCUT2D eigenvalue weighted by Crippen LogP contribution is -2.22. The smallest absolute Gasteiger partial charge is 0.243 e. The van der Waals surface area contributed by atoms with Gasteiger partial charge in [-0.3, -0.25) is 4.79 Å². The first-order chi connectivity index (χ1) is 10.8. The Morgan fingerprint density at radius 1 is 1.32 bits per heavy atom. The Balaban J connectivity index is 1.63. The van der Waals surface area contributed by atoms with Crippen LogP contribution in [0.25, 0.3) is 6.08 Å². The van der Waals surface area contributed by atoms with Crippen molar-refractivity contribution in [1.29, 1.82) is 0 Å². The van der Waals surface area contributed by atoms with E-state index in [1.54, 1.807) is 31.8 Å². The van der Waals surface area contributed by atoms with E-state index in [0.29, 0.717) is 6.54 Å². The lowest BCUT2D eigenvalue weighted by atomic mass is 10.2. The maximum Gasteiger partial charge on any atom is 0.243 e. The SMILES string of the molecule is COc1ccc(/C=C/C(=O)NCCCCn2ccnc2)cc1. The maximum absolute atomic E-state index is 11.7. The average molecular weight is 299 g/mol. The molecule has 0 spiro atoms. The van der Waals surface area contributed by atoms with Crippen molar-refractivity contribution in [3.05, 3.63) is 54.6 Å². The van der Waals surface area contributed by atoms with Gasteiger partial charge in [0, 0.05) is 31.6 Å². The largest absolute Gasteiger partial charge is 0.497 e. The fourth-order valence-electron chi connectivity index (χ4n) is 2.00. The molecule has 1 heterocycles. The molecule has 1 N–H and O–H groups in total. The average Bonchev–Trinajstić information content (AvgIpc) is 3.06. The van der Waals surface area contributed by atoms with E-state index in [9.17, 15) is 4.79 Å². The quantitative estimate of drug-likeness (QED) is 0.602. The van der Waals surface area contributed by atoms with E-state index in [0.717, 1.165) is 30.7 Å². The molecular weight excluding hydrogens is 278 g/mol. The highest BCUT2D eigenvalue weighted by molar-refractivity contribution is 5.91. The fourth-order valence-corrected chi connectivity index (χ4v) is 2.00. The van der Waals surface area contributed by atoms with Crippen molar-refractivity contribution in [2.24, 2.45) is 0 Å². The van der Waals surface area contributed by atoms with Crippen LogP contribution in [0.15, 0.2) is 49.1 Å². The number of aromatic nitrogens is 2.